The second-order valence-electron chi connectivity index (χ2n) is 5.40. The lowest BCUT2D eigenvalue weighted by Crippen LogP contribution is -2.31. The lowest BCUT2D eigenvalue weighted by molar-refractivity contribution is -0.124. The van der Waals surface area contributed by atoms with Crippen molar-refractivity contribution in [2.24, 2.45) is 0 Å². The van der Waals surface area contributed by atoms with Gasteiger partial charge in [0.2, 0.25) is 0 Å². The number of hydrogen-bond acceptors (Lipinski definition) is 2. The van der Waals surface area contributed by atoms with E-state index < -0.39 is 12.7 Å². The number of nitrogens with one attached hydrogen (secondary N) is 1. The lowest BCUT2D eigenvalue weighted by atomic mass is 9.82. The Labute approximate surface area is 118 Å². The topological polar surface area (TPSA) is 21.3 Å². The van der Waals surface area contributed by atoms with E-state index in [1.54, 1.807) is 0 Å². The van der Waals surface area contributed by atoms with Crippen LogP contribution < -0.4 is 10.1 Å². The summed E-state index contributed by atoms with van der Waals surface area (Å²) in [4.78, 5) is 0. The summed E-state index contributed by atoms with van der Waals surface area (Å²) >= 11 is 0. The Morgan fingerprint density at radius 1 is 1.10 bits per heavy atom. The van der Waals surface area contributed by atoms with Crippen molar-refractivity contribution in [2.75, 3.05) is 19.7 Å². The first-order chi connectivity index (χ1) is 9.24. The maximum absolute atomic E-state index is 11.9. The summed E-state index contributed by atoms with van der Waals surface area (Å²) in [5, 5.41) is 2.29. The van der Waals surface area contributed by atoms with Crippen molar-refractivity contribution in [1.29, 1.82) is 0 Å². The van der Waals surface area contributed by atoms with Crippen LogP contribution in [0.1, 0.15) is 32.8 Å². The highest BCUT2D eigenvalue weighted by molar-refractivity contribution is 5.31. The van der Waals surface area contributed by atoms with Gasteiger partial charge in [0.15, 0.2) is 0 Å². The summed E-state index contributed by atoms with van der Waals surface area (Å²) in [7, 11) is 0. The molecule has 0 aliphatic carbocycles. The molecule has 0 saturated carbocycles. The molecule has 0 aromatic heterocycles. The Kier molecular flexibility index (Phi) is 5.87. The molecule has 0 radical (unpaired) electrons. The third kappa shape index (κ3) is 5.82. The summed E-state index contributed by atoms with van der Waals surface area (Å²) in [6, 6.07) is 7.72. The van der Waals surface area contributed by atoms with Gasteiger partial charge in [0.1, 0.15) is 12.4 Å². The molecule has 0 heterocycles. The van der Waals surface area contributed by atoms with Gasteiger partial charge in [-0.05, 0) is 29.5 Å². The van der Waals surface area contributed by atoms with Crippen LogP contribution in [0.3, 0.4) is 0 Å². The zero-order valence-corrected chi connectivity index (χ0v) is 12.2. The normalized spacial score (nSPS) is 12.5. The Morgan fingerprint density at radius 3 is 2.20 bits per heavy atom. The van der Waals surface area contributed by atoms with Gasteiger partial charge in [-0.1, -0.05) is 32.9 Å². The van der Waals surface area contributed by atoms with Crippen LogP contribution in [0.4, 0.5) is 13.2 Å². The van der Waals surface area contributed by atoms with Crippen LogP contribution in [0.25, 0.3) is 0 Å². The average molecular weight is 289 g/mol. The van der Waals surface area contributed by atoms with E-state index in [1.807, 2.05) is 24.3 Å². The molecule has 0 bridgehead atoms. The lowest BCUT2D eigenvalue weighted by Gasteiger charge is -2.23. The van der Waals surface area contributed by atoms with E-state index in [0.717, 1.165) is 6.42 Å². The van der Waals surface area contributed by atoms with Crippen LogP contribution in [0.2, 0.25) is 0 Å². The molecule has 2 nitrogen and oxygen atoms in total. The molecule has 114 valence electrons. The minimum Gasteiger partial charge on any atom is -0.492 e. The fourth-order valence-corrected chi connectivity index (χ4v) is 1.68. The molecule has 0 unspecified atom stereocenters. The first-order valence-electron chi connectivity index (χ1n) is 6.75. The number of hydrogen-bond donors (Lipinski definition) is 1. The molecule has 1 N–H and O–H groups in total. The standard InChI is InChI=1S/C15H22F3NO/c1-4-14(2,3)12-5-7-13(8-6-12)20-10-9-19-11-15(16,17)18/h5-8,19H,4,9-11H2,1-3H3. The van der Waals surface area contributed by atoms with Crippen LogP contribution in [-0.2, 0) is 5.41 Å². The highest BCUT2D eigenvalue weighted by atomic mass is 19.4. The molecule has 5 heteroatoms. The first-order valence-corrected chi connectivity index (χ1v) is 6.75. The van der Waals surface area contributed by atoms with Crippen molar-refractivity contribution >= 4 is 0 Å². The molecule has 1 aromatic rings. The van der Waals surface area contributed by atoms with Crippen molar-refractivity contribution in [3.8, 4) is 5.75 Å². The summed E-state index contributed by atoms with van der Waals surface area (Å²) in [5.41, 5.74) is 1.34. The van der Waals surface area contributed by atoms with Crippen LogP contribution in [0, 0.1) is 0 Å². The highest BCUT2D eigenvalue weighted by Gasteiger charge is 2.25. The average Bonchev–Trinajstić information content (AvgIpc) is 2.37. The maximum Gasteiger partial charge on any atom is 0.401 e. The van der Waals surface area contributed by atoms with Crippen LogP contribution in [-0.4, -0.2) is 25.9 Å². The molecule has 1 aromatic carbocycles. The summed E-state index contributed by atoms with van der Waals surface area (Å²) in [6.07, 6.45) is -3.14. The fraction of sp³-hybridized carbons (Fsp3) is 0.600. The van der Waals surface area contributed by atoms with E-state index in [-0.39, 0.29) is 18.6 Å². The molecule has 0 fully saturated rings. The zero-order chi connectivity index (χ0) is 15.2. The van der Waals surface area contributed by atoms with E-state index in [2.05, 4.69) is 26.1 Å². The Hall–Kier alpha value is -1.23. The fourth-order valence-electron chi connectivity index (χ4n) is 1.68. The van der Waals surface area contributed by atoms with E-state index in [9.17, 15) is 13.2 Å². The Bertz CT molecular complexity index is 399. The molecule has 0 spiro atoms. The third-order valence-corrected chi connectivity index (χ3v) is 3.39. The van der Waals surface area contributed by atoms with Gasteiger partial charge in [0.25, 0.3) is 0 Å². The minimum absolute atomic E-state index is 0.118. The van der Waals surface area contributed by atoms with Gasteiger partial charge in [-0.3, -0.25) is 0 Å². The van der Waals surface area contributed by atoms with Gasteiger partial charge >= 0.3 is 6.18 Å². The molecule has 0 amide bonds. The second kappa shape index (κ2) is 6.97. The monoisotopic (exact) mass is 289 g/mol. The smallest absolute Gasteiger partial charge is 0.401 e. The predicted molar refractivity (Wildman–Crippen MR) is 74.2 cm³/mol. The van der Waals surface area contributed by atoms with E-state index in [4.69, 9.17) is 4.74 Å². The zero-order valence-electron chi connectivity index (χ0n) is 12.2. The number of alkyl halides is 3. The molecular formula is C15H22F3NO. The highest BCUT2D eigenvalue weighted by Crippen LogP contribution is 2.27. The molecule has 0 aliphatic heterocycles. The van der Waals surface area contributed by atoms with Gasteiger partial charge in [-0.15, -0.1) is 0 Å². The minimum atomic E-state index is -4.17. The predicted octanol–water partition coefficient (Wildman–Crippen LogP) is 3.90. The van der Waals surface area contributed by atoms with Crippen molar-refractivity contribution in [2.45, 2.75) is 38.8 Å². The second-order valence-corrected chi connectivity index (χ2v) is 5.40. The van der Waals surface area contributed by atoms with Gasteiger partial charge in [0, 0.05) is 6.54 Å². The van der Waals surface area contributed by atoms with Gasteiger partial charge < -0.3 is 10.1 Å². The van der Waals surface area contributed by atoms with Crippen LogP contribution in [0.5, 0.6) is 5.75 Å². The molecule has 0 aliphatic rings. The van der Waals surface area contributed by atoms with E-state index in [0.29, 0.717) is 5.75 Å². The van der Waals surface area contributed by atoms with Crippen LogP contribution in [0.15, 0.2) is 24.3 Å². The van der Waals surface area contributed by atoms with Crippen LogP contribution >= 0.6 is 0 Å². The van der Waals surface area contributed by atoms with Gasteiger partial charge in [0.05, 0.1) is 6.54 Å². The number of rotatable bonds is 7. The largest absolute Gasteiger partial charge is 0.492 e. The van der Waals surface area contributed by atoms with E-state index in [1.165, 1.54) is 5.56 Å². The third-order valence-electron chi connectivity index (χ3n) is 3.39. The summed E-state index contributed by atoms with van der Waals surface area (Å²) in [5.74, 6) is 0.675. The molecule has 20 heavy (non-hydrogen) atoms. The number of ether oxygens (including phenoxy) is 1. The quantitative estimate of drug-likeness (QED) is 0.769. The molecule has 1 rings (SSSR count). The van der Waals surface area contributed by atoms with Crippen molar-refractivity contribution in [3.63, 3.8) is 0 Å². The summed E-state index contributed by atoms with van der Waals surface area (Å²) < 4.78 is 41.1. The molecule has 0 atom stereocenters. The molecular weight excluding hydrogens is 267 g/mol. The SMILES string of the molecule is CCC(C)(C)c1ccc(OCCNCC(F)(F)F)cc1. The van der Waals surface area contributed by atoms with Gasteiger partial charge in [-0.25, -0.2) is 0 Å². The van der Waals surface area contributed by atoms with Crippen molar-refractivity contribution in [3.05, 3.63) is 29.8 Å². The van der Waals surface area contributed by atoms with Crippen molar-refractivity contribution in [1.82, 2.24) is 5.32 Å². The van der Waals surface area contributed by atoms with Crippen molar-refractivity contribution < 1.29 is 17.9 Å². The summed E-state index contributed by atoms with van der Waals surface area (Å²) in [6.45, 7) is 5.87. The maximum atomic E-state index is 11.9. The number of halogens is 3. The molecule has 0 saturated heterocycles. The first kappa shape index (κ1) is 16.8. The van der Waals surface area contributed by atoms with E-state index >= 15 is 0 Å². The Balaban J connectivity index is 2.36. The van der Waals surface area contributed by atoms with Gasteiger partial charge in [-0.2, -0.15) is 13.2 Å². The number of benzene rings is 1. The Morgan fingerprint density at radius 2 is 1.70 bits per heavy atom.